The molecule has 1 aliphatic carbocycles. The van der Waals surface area contributed by atoms with Crippen LogP contribution in [0.3, 0.4) is 0 Å². The summed E-state index contributed by atoms with van der Waals surface area (Å²) < 4.78 is 11.6. The van der Waals surface area contributed by atoms with Crippen molar-refractivity contribution in [3.63, 3.8) is 0 Å². The van der Waals surface area contributed by atoms with Gasteiger partial charge in [0.25, 0.3) is 0 Å². The first-order valence-electron chi connectivity index (χ1n) is 8.30. The van der Waals surface area contributed by atoms with E-state index in [4.69, 9.17) is 30.7 Å². The molecule has 0 aromatic rings. The number of nitrogens with zero attached hydrogens (tertiary/aromatic N) is 1. The molecule has 0 amide bonds. The van der Waals surface area contributed by atoms with Crippen LogP contribution in [-0.2, 0) is 39.9 Å². The third-order valence-electron chi connectivity index (χ3n) is 3.56. The van der Waals surface area contributed by atoms with Crippen molar-refractivity contribution in [2.75, 3.05) is 13.1 Å². The summed E-state index contributed by atoms with van der Waals surface area (Å²) in [5, 5.41) is 24.2. The zero-order valence-corrected chi connectivity index (χ0v) is 19.4. The number of nitrogens with one attached hydrogen (secondary N) is 1. The molecular weight excluding hydrogens is 574 g/mol. The van der Waals surface area contributed by atoms with Crippen LogP contribution in [0.5, 0.6) is 0 Å². The molecule has 170 valence electrons. The predicted molar refractivity (Wildman–Crippen MR) is 102 cm³/mol. The second kappa shape index (κ2) is 22.6. The molecule has 1 fully saturated rings. The molecule has 1 atom stereocenters. The Labute approximate surface area is 183 Å². The monoisotopic (exact) mass is 607 g/mol. The third-order valence-corrected chi connectivity index (χ3v) is 3.69. The van der Waals surface area contributed by atoms with E-state index in [2.05, 4.69) is 24.8 Å². The number of carbonyl (C=O) groups is 2. The van der Waals surface area contributed by atoms with E-state index in [0.29, 0.717) is 19.0 Å². The van der Waals surface area contributed by atoms with Gasteiger partial charge in [0.2, 0.25) is 6.04 Å². The molecular formula is C16H33N2O8PPt. The summed E-state index contributed by atoms with van der Waals surface area (Å²) >= 11 is 0. The van der Waals surface area contributed by atoms with Gasteiger partial charge in [0.05, 0.1) is 0 Å². The molecule has 10 nitrogen and oxygen atoms in total. The van der Waals surface area contributed by atoms with Crippen molar-refractivity contribution in [2.24, 2.45) is 5.92 Å². The molecule has 0 radical (unpaired) electrons. The number of hydrogen-bond donors (Lipinski definition) is 3. The Morgan fingerprint density at radius 3 is 1.71 bits per heavy atom. The molecule has 4 N–H and O–H groups in total. The fourth-order valence-corrected chi connectivity index (χ4v) is 2.17. The molecule has 0 aromatic heterocycles. The van der Waals surface area contributed by atoms with Crippen LogP contribution in [0.2, 0.25) is 0 Å². The topological polar surface area (TPSA) is 171 Å². The fraction of sp³-hybridized carbons (Fsp3) is 0.688. The number of likely N-dealkylation sites (N-methyl/N-ethyl adjacent to an activating group) is 1. The van der Waals surface area contributed by atoms with Gasteiger partial charge in [-0.15, -0.1) is 19.2 Å². The summed E-state index contributed by atoms with van der Waals surface area (Å²) in [5.41, 5.74) is 7.33. The summed E-state index contributed by atoms with van der Waals surface area (Å²) in [4.78, 5) is 31.3. The van der Waals surface area contributed by atoms with Gasteiger partial charge in [0, 0.05) is 6.10 Å². The Morgan fingerprint density at radius 2 is 1.57 bits per heavy atom. The van der Waals surface area contributed by atoms with Crippen molar-refractivity contribution in [3.05, 3.63) is 25.8 Å². The minimum absolute atomic E-state index is 0. The molecule has 0 spiro atoms. The summed E-state index contributed by atoms with van der Waals surface area (Å²) in [6, 6.07) is -1.19. The molecule has 1 unspecified atom stereocenters. The van der Waals surface area contributed by atoms with Crippen LogP contribution in [0, 0.1) is 12.8 Å². The normalized spacial score (nSPS) is 18.1. The van der Waals surface area contributed by atoms with Crippen molar-refractivity contribution >= 4 is 20.2 Å². The van der Waals surface area contributed by atoms with Gasteiger partial charge < -0.3 is 27.8 Å². The average molecular weight is 607 g/mol. The molecule has 12 heteroatoms. The van der Waals surface area contributed by atoms with Gasteiger partial charge in [0.15, 0.2) is 0 Å². The minimum Gasteiger partial charge on any atom is -0.675 e. The maximum atomic E-state index is 10.5. The molecule has 1 rings (SSSR count). The molecule has 1 aliphatic rings. The first kappa shape index (κ1) is 34.8. The van der Waals surface area contributed by atoms with E-state index in [0.717, 1.165) is 12.8 Å². The molecule has 0 bridgehead atoms. The number of rotatable bonds is 6. The van der Waals surface area contributed by atoms with Crippen molar-refractivity contribution in [1.29, 1.82) is 0 Å². The summed E-state index contributed by atoms with van der Waals surface area (Å²) in [6.07, 6.45) is 4.50. The van der Waals surface area contributed by atoms with E-state index < -0.39 is 26.2 Å². The molecule has 0 aromatic carbocycles. The zero-order valence-electron chi connectivity index (χ0n) is 16.2. The van der Waals surface area contributed by atoms with Gasteiger partial charge in [-0.2, -0.15) is 5.92 Å². The van der Waals surface area contributed by atoms with Crippen LogP contribution >= 0.6 is 8.25 Å². The first-order valence-corrected chi connectivity index (χ1v) is 9.39. The van der Waals surface area contributed by atoms with E-state index in [-0.39, 0.29) is 28.5 Å². The van der Waals surface area contributed by atoms with Crippen molar-refractivity contribution in [3.8, 4) is 0 Å². The molecule has 0 heterocycles. The largest absolute Gasteiger partial charge is 2.00 e. The van der Waals surface area contributed by atoms with E-state index in [9.17, 15) is 9.59 Å². The van der Waals surface area contributed by atoms with Crippen LogP contribution in [-0.4, -0.2) is 57.5 Å². The number of carboxylic acids is 2. The molecule has 28 heavy (non-hydrogen) atoms. The molecule has 0 aliphatic heterocycles. The zero-order chi connectivity index (χ0) is 22.0. The minimum atomic E-state index is -3.04. The smallest absolute Gasteiger partial charge is 0.675 e. The van der Waals surface area contributed by atoms with Crippen molar-refractivity contribution in [2.45, 2.75) is 51.6 Å². The Hall–Kier alpha value is -0.732. The third kappa shape index (κ3) is 20.0. The second-order valence-electron chi connectivity index (χ2n) is 5.32. The Morgan fingerprint density at radius 1 is 1.25 bits per heavy atom. The van der Waals surface area contributed by atoms with E-state index in [1.54, 1.807) is 13.8 Å². The quantitative estimate of drug-likeness (QED) is 0.103. The van der Waals surface area contributed by atoms with Gasteiger partial charge in [-0.25, -0.2) is 14.8 Å². The van der Waals surface area contributed by atoms with Gasteiger partial charge in [0.1, 0.15) is 0 Å². The SMILES string of the molecule is C=C.CCN(CC)C(C(=O)O)C(=O)O.O=[P+]([O-])OO.[CH2-]C1CCC([NH-])CC1.[HH].[Pt+2]. The van der Waals surface area contributed by atoms with Crippen molar-refractivity contribution < 1.29 is 61.7 Å². The van der Waals surface area contributed by atoms with Gasteiger partial charge >= 0.3 is 41.3 Å². The summed E-state index contributed by atoms with van der Waals surface area (Å²) in [7, 11) is -3.04. The van der Waals surface area contributed by atoms with Crippen molar-refractivity contribution in [1.82, 2.24) is 4.90 Å². The van der Waals surface area contributed by atoms with Gasteiger partial charge in [-0.05, 0) is 17.7 Å². The Balaban J connectivity index is -0.0000000985. The summed E-state index contributed by atoms with van der Waals surface area (Å²) in [5.74, 6) is -1.98. The van der Waals surface area contributed by atoms with E-state index in [1.165, 1.54) is 17.7 Å². The fourth-order valence-electron chi connectivity index (χ4n) is 2.17. The van der Waals surface area contributed by atoms with Gasteiger partial charge in [-0.3, -0.25) is 4.90 Å². The van der Waals surface area contributed by atoms with Crippen LogP contribution < -0.4 is 4.89 Å². The van der Waals surface area contributed by atoms with Crippen LogP contribution in [0.15, 0.2) is 13.2 Å². The maximum Gasteiger partial charge on any atom is 2.00 e. The Bertz CT molecular complexity index is 402. The number of carboxylic acid groups (broad SMARTS) is 2. The van der Waals surface area contributed by atoms with Crippen LogP contribution in [0.1, 0.15) is 41.0 Å². The second-order valence-corrected chi connectivity index (χ2v) is 5.93. The molecule has 1 saturated carbocycles. The standard InChI is InChI=1S/C7H13NO4.C7H13N.C2H4.HO4P.Pt.H2/c1-3-8(4-2)5(6(9)10)7(11)12;1-6-2-4-7(8)5-3-6;1-2;1-4-5(2)3;;/h5H,3-4H2,1-2H3,(H,9,10)(H,11,12);6-8H,1-5H2;1-2H2;1H;;1H/q;-2;;;+2;. The molecule has 0 saturated heterocycles. The summed E-state index contributed by atoms with van der Waals surface area (Å²) in [6.45, 7) is 14.2. The maximum absolute atomic E-state index is 10.5. The van der Waals surface area contributed by atoms with Crippen LogP contribution in [0.25, 0.3) is 5.73 Å². The van der Waals surface area contributed by atoms with Crippen LogP contribution in [0.4, 0.5) is 0 Å². The van der Waals surface area contributed by atoms with E-state index in [1.807, 2.05) is 0 Å². The average Bonchev–Trinajstić information content (AvgIpc) is 2.63. The number of hydrogen-bond acceptors (Lipinski definition) is 7. The van der Waals surface area contributed by atoms with Gasteiger partial charge in [-0.1, -0.05) is 39.5 Å². The predicted octanol–water partition coefficient (Wildman–Crippen LogP) is 2.84. The number of aliphatic carboxylic acids is 2. The Kier molecular flexibility index (Phi) is 28.0. The van der Waals surface area contributed by atoms with E-state index >= 15 is 0 Å². The first-order chi connectivity index (χ1) is 12.6.